The lowest BCUT2D eigenvalue weighted by atomic mass is 10.1. The Morgan fingerprint density at radius 3 is 2.50 bits per heavy atom. The maximum atomic E-state index is 11.6. The fraction of sp³-hybridized carbons (Fsp3) is 0.538. The first kappa shape index (κ1) is 14.3. The maximum absolute atomic E-state index is 11.6. The van der Waals surface area contributed by atoms with Crippen LogP contribution in [0.15, 0.2) is 22.8 Å². The molecule has 0 aromatic carbocycles. The second-order valence-corrected chi connectivity index (χ2v) is 5.07. The second-order valence-electron chi connectivity index (χ2n) is 5.07. The van der Waals surface area contributed by atoms with Crippen LogP contribution < -0.4 is 5.32 Å². The quantitative estimate of drug-likeness (QED) is 0.886. The number of amides is 2. The molecule has 5 heteroatoms. The average Bonchev–Trinajstić information content (AvgIpc) is 2.74. The van der Waals surface area contributed by atoms with Gasteiger partial charge in [0.1, 0.15) is 0 Å². The van der Waals surface area contributed by atoms with E-state index in [2.05, 4.69) is 5.32 Å². The van der Waals surface area contributed by atoms with Crippen LogP contribution in [0.4, 0.5) is 0 Å². The van der Waals surface area contributed by atoms with Crippen molar-refractivity contribution in [2.75, 3.05) is 13.1 Å². The van der Waals surface area contributed by atoms with E-state index in [0.29, 0.717) is 13.1 Å². The third-order valence-corrected chi connectivity index (χ3v) is 2.56. The van der Waals surface area contributed by atoms with Crippen LogP contribution in [0.3, 0.4) is 0 Å². The molecule has 0 saturated carbocycles. The van der Waals surface area contributed by atoms with Crippen LogP contribution in [0.1, 0.15) is 38.2 Å². The van der Waals surface area contributed by atoms with Crippen molar-refractivity contribution in [3.63, 3.8) is 0 Å². The summed E-state index contributed by atoms with van der Waals surface area (Å²) in [4.78, 5) is 24.8. The van der Waals surface area contributed by atoms with Gasteiger partial charge in [-0.3, -0.25) is 9.59 Å². The molecule has 0 saturated heterocycles. The number of carbonyl (C=O) groups is 2. The van der Waals surface area contributed by atoms with E-state index < -0.39 is 0 Å². The molecule has 0 fully saturated rings. The number of rotatable bonds is 4. The van der Waals surface area contributed by atoms with E-state index in [1.807, 2.05) is 20.8 Å². The highest BCUT2D eigenvalue weighted by atomic mass is 16.3. The van der Waals surface area contributed by atoms with Crippen molar-refractivity contribution in [3.05, 3.63) is 24.2 Å². The second kappa shape index (κ2) is 5.71. The van der Waals surface area contributed by atoms with Gasteiger partial charge in [-0.15, -0.1) is 0 Å². The van der Waals surface area contributed by atoms with Crippen molar-refractivity contribution in [1.29, 1.82) is 0 Å². The Labute approximate surface area is 107 Å². The van der Waals surface area contributed by atoms with Gasteiger partial charge in [-0.05, 0) is 32.9 Å². The van der Waals surface area contributed by atoms with Crippen LogP contribution in [-0.2, 0) is 4.79 Å². The molecule has 5 nitrogen and oxygen atoms in total. The Morgan fingerprint density at radius 2 is 2.06 bits per heavy atom. The van der Waals surface area contributed by atoms with E-state index >= 15 is 0 Å². The SMILES string of the molecule is CC(=O)N(CCNC(=O)c1ccco1)C(C)(C)C. The van der Waals surface area contributed by atoms with Crippen LogP contribution in [0.5, 0.6) is 0 Å². The van der Waals surface area contributed by atoms with Gasteiger partial charge in [-0.25, -0.2) is 0 Å². The predicted molar refractivity (Wildman–Crippen MR) is 68.2 cm³/mol. The van der Waals surface area contributed by atoms with E-state index in [9.17, 15) is 9.59 Å². The molecular formula is C13H20N2O3. The predicted octanol–water partition coefficient (Wildman–Crippen LogP) is 1.66. The van der Waals surface area contributed by atoms with Gasteiger partial charge in [0.25, 0.3) is 5.91 Å². The molecule has 18 heavy (non-hydrogen) atoms. The zero-order chi connectivity index (χ0) is 13.8. The number of nitrogens with zero attached hydrogens (tertiary/aromatic N) is 1. The summed E-state index contributed by atoms with van der Waals surface area (Å²) in [6.07, 6.45) is 1.45. The highest BCUT2D eigenvalue weighted by Gasteiger charge is 2.23. The smallest absolute Gasteiger partial charge is 0.287 e. The molecule has 0 aliphatic carbocycles. The molecule has 1 N–H and O–H groups in total. The van der Waals surface area contributed by atoms with Gasteiger partial charge < -0.3 is 14.6 Å². The number of hydrogen-bond donors (Lipinski definition) is 1. The van der Waals surface area contributed by atoms with E-state index in [1.165, 1.54) is 13.2 Å². The molecular weight excluding hydrogens is 232 g/mol. The Morgan fingerprint density at radius 1 is 1.39 bits per heavy atom. The van der Waals surface area contributed by atoms with Crippen molar-refractivity contribution in [2.24, 2.45) is 0 Å². The first-order chi connectivity index (χ1) is 8.32. The van der Waals surface area contributed by atoms with Gasteiger partial charge in [0, 0.05) is 25.6 Å². The summed E-state index contributed by atoms with van der Waals surface area (Å²) < 4.78 is 4.97. The zero-order valence-electron chi connectivity index (χ0n) is 11.3. The lowest BCUT2D eigenvalue weighted by Gasteiger charge is -2.34. The Bertz CT molecular complexity index is 404. The molecule has 2 amide bonds. The molecule has 1 aromatic heterocycles. The van der Waals surface area contributed by atoms with Crippen LogP contribution in [-0.4, -0.2) is 35.3 Å². The first-order valence-corrected chi connectivity index (χ1v) is 5.92. The van der Waals surface area contributed by atoms with Crippen LogP contribution >= 0.6 is 0 Å². The molecule has 1 heterocycles. The lowest BCUT2D eigenvalue weighted by Crippen LogP contribution is -2.48. The van der Waals surface area contributed by atoms with Gasteiger partial charge in [-0.2, -0.15) is 0 Å². The van der Waals surface area contributed by atoms with Gasteiger partial charge in [0.15, 0.2) is 5.76 Å². The van der Waals surface area contributed by atoms with Gasteiger partial charge in [0.05, 0.1) is 6.26 Å². The van der Waals surface area contributed by atoms with E-state index in [1.54, 1.807) is 17.0 Å². The number of furan rings is 1. The van der Waals surface area contributed by atoms with Crippen molar-refractivity contribution in [3.8, 4) is 0 Å². The summed E-state index contributed by atoms with van der Waals surface area (Å²) in [6.45, 7) is 8.29. The fourth-order valence-corrected chi connectivity index (χ4v) is 1.74. The highest BCUT2D eigenvalue weighted by molar-refractivity contribution is 5.91. The molecule has 0 bridgehead atoms. The number of carbonyl (C=O) groups excluding carboxylic acids is 2. The van der Waals surface area contributed by atoms with E-state index in [4.69, 9.17) is 4.42 Å². The molecule has 0 spiro atoms. The maximum Gasteiger partial charge on any atom is 0.287 e. The van der Waals surface area contributed by atoms with E-state index in [0.717, 1.165) is 0 Å². The Kier molecular flexibility index (Phi) is 4.53. The molecule has 0 aliphatic rings. The summed E-state index contributed by atoms with van der Waals surface area (Å²) in [5.41, 5.74) is -0.249. The van der Waals surface area contributed by atoms with Crippen LogP contribution in [0.25, 0.3) is 0 Å². The number of nitrogens with one attached hydrogen (secondary N) is 1. The fourth-order valence-electron chi connectivity index (χ4n) is 1.74. The summed E-state index contributed by atoms with van der Waals surface area (Å²) in [7, 11) is 0. The largest absolute Gasteiger partial charge is 0.459 e. The number of hydrogen-bond acceptors (Lipinski definition) is 3. The minimum Gasteiger partial charge on any atom is -0.459 e. The summed E-state index contributed by atoms with van der Waals surface area (Å²) in [6, 6.07) is 3.26. The van der Waals surface area contributed by atoms with Gasteiger partial charge in [-0.1, -0.05) is 0 Å². The minimum absolute atomic E-state index is 0.00486. The molecule has 1 rings (SSSR count). The van der Waals surface area contributed by atoms with Crippen LogP contribution in [0.2, 0.25) is 0 Å². The topological polar surface area (TPSA) is 62.6 Å². The van der Waals surface area contributed by atoms with Gasteiger partial charge >= 0.3 is 0 Å². The molecule has 0 aliphatic heterocycles. The van der Waals surface area contributed by atoms with Crippen LogP contribution in [0, 0.1) is 0 Å². The normalized spacial score (nSPS) is 11.1. The third kappa shape index (κ3) is 3.91. The summed E-state index contributed by atoms with van der Waals surface area (Å²) >= 11 is 0. The average molecular weight is 252 g/mol. The summed E-state index contributed by atoms with van der Waals surface area (Å²) in [5, 5.41) is 2.72. The zero-order valence-corrected chi connectivity index (χ0v) is 11.3. The van der Waals surface area contributed by atoms with Crippen molar-refractivity contribution in [2.45, 2.75) is 33.2 Å². The standard InChI is InChI=1S/C13H20N2O3/c1-10(16)15(13(2,3)4)8-7-14-12(17)11-6-5-9-18-11/h5-6,9H,7-8H2,1-4H3,(H,14,17). The Hall–Kier alpha value is -1.78. The minimum atomic E-state index is -0.266. The molecule has 100 valence electrons. The van der Waals surface area contributed by atoms with Crippen molar-refractivity contribution in [1.82, 2.24) is 10.2 Å². The molecule has 0 unspecified atom stereocenters. The Balaban J connectivity index is 2.45. The molecule has 0 radical (unpaired) electrons. The van der Waals surface area contributed by atoms with Gasteiger partial charge in [0.2, 0.25) is 5.91 Å². The summed E-state index contributed by atoms with van der Waals surface area (Å²) in [5.74, 6) is 0.00675. The first-order valence-electron chi connectivity index (χ1n) is 5.92. The third-order valence-electron chi connectivity index (χ3n) is 2.56. The highest BCUT2D eigenvalue weighted by Crippen LogP contribution is 2.12. The van der Waals surface area contributed by atoms with E-state index in [-0.39, 0.29) is 23.1 Å². The van der Waals surface area contributed by atoms with Crippen molar-refractivity contribution < 1.29 is 14.0 Å². The molecule has 1 aromatic rings. The lowest BCUT2D eigenvalue weighted by molar-refractivity contribution is -0.133. The van der Waals surface area contributed by atoms with Crippen molar-refractivity contribution >= 4 is 11.8 Å². The molecule has 0 atom stereocenters. The monoisotopic (exact) mass is 252 g/mol.